The van der Waals surface area contributed by atoms with Crippen LogP contribution in [0.25, 0.3) is 10.4 Å². The molecule has 0 radical (unpaired) electrons. The molecule has 0 aromatic carbocycles. The van der Waals surface area contributed by atoms with Crippen LogP contribution in [0.15, 0.2) is 28.3 Å². The Morgan fingerprint density at radius 3 is 2.12 bits per heavy atom. The summed E-state index contributed by atoms with van der Waals surface area (Å²) in [6.07, 6.45) is 0. The van der Waals surface area contributed by atoms with Crippen molar-refractivity contribution >= 4 is 7.60 Å². The lowest BCUT2D eigenvalue weighted by Crippen LogP contribution is -2.00. The second-order valence-electron chi connectivity index (χ2n) is 3.32. The molecule has 0 amide bonds. The molecule has 0 saturated heterocycles. The molecular formula is C10H18N3O3P. The molecule has 0 heterocycles. The fourth-order valence-electron chi connectivity index (χ4n) is 1.15. The van der Waals surface area contributed by atoms with Crippen LogP contribution < -0.4 is 0 Å². The van der Waals surface area contributed by atoms with Crippen molar-refractivity contribution < 1.29 is 13.6 Å². The smallest absolute Gasteiger partial charge is 0.306 e. The first-order valence-corrected chi connectivity index (χ1v) is 6.78. The van der Waals surface area contributed by atoms with Gasteiger partial charge in [0.2, 0.25) is 0 Å². The van der Waals surface area contributed by atoms with Crippen LogP contribution in [0.5, 0.6) is 0 Å². The summed E-state index contributed by atoms with van der Waals surface area (Å²) in [4.78, 5) is 2.69. The van der Waals surface area contributed by atoms with Gasteiger partial charge in [-0.2, -0.15) is 0 Å². The Bertz CT molecular complexity index is 397. The predicted octanol–water partition coefficient (Wildman–Crippen LogP) is 4.37. The maximum Gasteiger partial charge on any atom is 0.361 e. The molecule has 0 rings (SSSR count). The van der Waals surface area contributed by atoms with Gasteiger partial charge in [0.15, 0.2) is 0 Å². The standard InChI is InChI=1S/C10H18N3O3P/c1-6-15-17(14,16-7-2)9(5)10(8(3)4)12-13-11/h5-7H2,1-4H3. The number of hydrogen-bond acceptors (Lipinski definition) is 4. The molecule has 17 heavy (non-hydrogen) atoms. The van der Waals surface area contributed by atoms with E-state index in [1.54, 1.807) is 27.7 Å². The predicted molar refractivity (Wildman–Crippen MR) is 67.5 cm³/mol. The number of rotatable bonds is 7. The van der Waals surface area contributed by atoms with Crippen molar-refractivity contribution in [3.8, 4) is 0 Å². The first-order valence-electron chi connectivity index (χ1n) is 5.24. The fraction of sp³-hybridized carbons (Fsp3) is 0.600. The third-order valence-electron chi connectivity index (χ3n) is 1.82. The minimum atomic E-state index is -3.47. The van der Waals surface area contributed by atoms with Gasteiger partial charge in [0, 0.05) is 4.91 Å². The van der Waals surface area contributed by atoms with E-state index in [1.807, 2.05) is 0 Å². The molecule has 0 fully saturated rings. The minimum Gasteiger partial charge on any atom is -0.306 e. The van der Waals surface area contributed by atoms with Crippen molar-refractivity contribution in [1.29, 1.82) is 0 Å². The van der Waals surface area contributed by atoms with Crippen molar-refractivity contribution in [3.63, 3.8) is 0 Å². The van der Waals surface area contributed by atoms with Gasteiger partial charge in [-0.05, 0) is 33.2 Å². The summed E-state index contributed by atoms with van der Waals surface area (Å²) in [5, 5.41) is 3.58. The van der Waals surface area contributed by atoms with Crippen LogP contribution in [0.2, 0.25) is 0 Å². The fourth-order valence-corrected chi connectivity index (χ4v) is 2.75. The van der Waals surface area contributed by atoms with E-state index in [1.165, 1.54) is 0 Å². The Kier molecular flexibility index (Phi) is 6.85. The zero-order valence-electron chi connectivity index (χ0n) is 10.6. The zero-order valence-corrected chi connectivity index (χ0v) is 11.5. The van der Waals surface area contributed by atoms with E-state index in [0.29, 0.717) is 5.57 Å². The molecule has 96 valence electrons. The molecule has 6 nitrogen and oxygen atoms in total. The van der Waals surface area contributed by atoms with Gasteiger partial charge in [-0.15, -0.1) is 0 Å². The van der Waals surface area contributed by atoms with Crippen LogP contribution >= 0.6 is 7.60 Å². The van der Waals surface area contributed by atoms with E-state index in [-0.39, 0.29) is 24.2 Å². The molecule has 0 aliphatic heterocycles. The topological polar surface area (TPSA) is 84.3 Å². The van der Waals surface area contributed by atoms with Crippen molar-refractivity contribution in [1.82, 2.24) is 0 Å². The van der Waals surface area contributed by atoms with Crippen LogP contribution in [-0.2, 0) is 13.6 Å². The van der Waals surface area contributed by atoms with E-state index < -0.39 is 7.60 Å². The zero-order chi connectivity index (χ0) is 13.5. The molecule has 0 aliphatic rings. The highest BCUT2D eigenvalue weighted by Crippen LogP contribution is 2.58. The maximum atomic E-state index is 12.4. The van der Waals surface area contributed by atoms with Crippen molar-refractivity contribution in [2.45, 2.75) is 27.7 Å². The second-order valence-corrected chi connectivity index (χ2v) is 5.37. The Balaban J connectivity index is 5.42. The van der Waals surface area contributed by atoms with Crippen LogP contribution in [0.4, 0.5) is 0 Å². The van der Waals surface area contributed by atoms with Crippen molar-refractivity contribution in [2.24, 2.45) is 5.11 Å². The minimum absolute atomic E-state index is 0.0963. The quantitative estimate of drug-likeness (QED) is 0.224. The molecule has 0 aromatic heterocycles. The third-order valence-corrected chi connectivity index (χ3v) is 3.89. The van der Waals surface area contributed by atoms with Crippen LogP contribution in [0, 0.1) is 0 Å². The summed E-state index contributed by atoms with van der Waals surface area (Å²) in [5.41, 5.74) is 9.39. The number of hydrogen-bond donors (Lipinski definition) is 0. The SMILES string of the molecule is C=C(C(N=[N+]=[N-])=C(C)C)P(=O)(OCC)OCC. The van der Waals surface area contributed by atoms with Gasteiger partial charge in [0.1, 0.15) is 0 Å². The largest absolute Gasteiger partial charge is 0.361 e. The molecule has 0 N–H and O–H groups in total. The summed E-state index contributed by atoms with van der Waals surface area (Å²) >= 11 is 0. The number of nitrogens with zero attached hydrogens (tertiary/aromatic N) is 3. The van der Waals surface area contributed by atoms with Gasteiger partial charge in [-0.1, -0.05) is 17.3 Å². The van der Waals surface area contributed by atoms with Gasteiger partial charge >= 0.3 is 7.60 Å². The normalized spacial score (nSPS) is 10.6. The molecular weight excluding hydrogens is 241 g/mol. The summed E-state index contributed by atoms with van der Waals surface area (Å²) < 4.78 is 22.6. The van der Waals surface area contributed by atoms with E-state index in [4.69, 9.17) is 14.6 Å². The third kappa shape index (κ3) is 4.36. The lowest BCUT2D eigenvalue weighted by Gasteiger charge is -2.19. The molecule has 0 bridgehead atoms. The monoisotopic (exact) mass is 259 g/mol. The van der Waals surface area contributed by atoms with E-state index in [0.717, 1.165) is 0 Å². The van der Waals surface area contributed by atoms with Gasteiger partial charge in [0.25, 0.3) is 0 Å². The first kappa shape index (κ1) is 15.9. The summed E-state index contributed by atoms with van der Waals surface area (Å²) in [6.45, 7) is 11.0. The highest BCUT2D eigenvalue weighted by molar-refractivity contribution is 7.58. The first-order chi connectivity index (χ1) is 7.92. The summed E-state index contributed by atoms with van der Waals surface area (Å²) in [6, 6.07) is 0. The van der Waals surface area contributed by atoms with Gasteiger partial charge in [-0.3, -0.25) is 4.57 Å². The van der Waals surface area contributed by atoms with Crippen molar-refractivity contribution in [2.75, 3.05) is 13.2 Å². The van der Waals surface area contributed by atoms with E-state index >= 15 is 0 Å². The highest BCUT2D eigenvalue weighted by Gasteiger charge is 2.30. The highest BCUT2D eigenvalue weighted by atomic mass is 31.2. The molecule has 0 aliphatic carbocycles. The van der Waals surface area contributed by atoms with Gasteiger partial charge in [-0.25, -0.2) is 0 Å². The Hall–Kier alpha value is -1.06. The average molecular weight is 259 g/mol. The molecule has 0 atom stereocenters. The van der Waals surface area contributed by atoms with Crippen LogP contribution in [0.3, 0.4) is 0 Å². The van der Waals surface area contributed by atoms with Crippen LogP contribution in [0.1, 0.15) is 27.7 Å². The van der Waals surface area contributed by atoms with Gasteiger partial charge < -0.3 is 9.05 Å². The summed E-state index contributed by atoms with van der Waals surface area (Å²) in [5.74, 6) is 0. The summed E-state index contributed by atoms with van der Waals surface area (Å²) in [7, 11) is -3.47. The van der Waals surface area contributed by atoms with E-state index in [2.05, 4.69) is 16.6 Å². The molecule has 0 saturated carbocycles. The van der Waals surface area contributed by atoms with E-state index in [9.17, 15) is 4.57 Å². The number of azide groups is 1. The number of allylic oxidation sites excluding steroid dienone is 2. The molecule has 7 heteroatoms. The maximum absolute atomic E-state index is 12.4. The Morgan fingerprint density at radius 1 is 1.35 bits per heavy atom. The molecule has 0 aromatic rings. The molecule has 0 spiro atoms. The Morgan fingerprint density at radius 2 is 1.82 bits per heavy atom. The Labute approximate surface area is 101 Å². The second kappa shape index (κ2) is 7.30. The average Bonchev–Trinajstić information content (AvgIpc) is 2.25. The lowest BCUT2D eigenvalue weighted by molar-refractivity contribution is 0.227. The van der Waals surface area contributed by atoms with Crippen molar-refractivity contribution in [3.05, 3.63) is 33.6 Å². The van der Waals surface area contributed by atoms with Crippen LogP contribution in [-0.4, -0.2) is 13.2 Å². The van der Waals surface area contributed by atoms with Gasteiger partial charge in [0.05, 0.1) is 24.2 Å². The lowest BCUT2D eigenvalue weighted by atomic mass is 10.2. The molecule has 0 unspecified atom stereocenters.